The largest absolute Gasteiger partial charge is 0.389 e. The summed E-state index contributed by atoms with van der Waals surface area (Å²) in [5, 5.41) is 3.22. The Bertz CT molecular complexity index is 150. The lowest BCUT2D eigenvalue weighted by Gasteiger charge is -2.14. The molecule has 0 heterocycles. The highest BCUT2D eigenvalue weighted by Gasteiger charge is 2.26. The van der Waals surface area contributed by atoms with E-state index in [0.29, 0.717) is 6.42 Å². The smallest absolute Gasteiger partial charge is 0.314 e. The van der Waals surface area contributed by atoms with E-state index in [9.17, 15) is 13.2 Å². The number of alkyl halides is 3. The van der Waals surface area contributed by atoms with Gasteiger partial charge in [-0.3, -0.25) is 0 Å². The van der Waals surface area contributed by atoms with E-state index >= 15 is 0 Å². The van der Waals surface area contributed by atoms with Crippen LogP contribution in [-0.2, 0) is 0 Å². The summed E-state index contributed by atoms with van der Waals surface area (Å²) < 4.78 is 35.5. The molecule has 0 rings (SSSR count). The van der Waals surface area contributed by atoms with Gasteiger partial charge in [0.05, 0.1) is 0 Å². The van der Waals surface area contributed by atoms with Crippen molar-refractivity contribution >= 4 is 11.8 Å². The van der Waals surface area contributed by atoms with Crippen molar-refractivity contribution in [3.05, 3.63) is 0 Å². The fraction of sp³-hybridized carbons (Fsp3) is 1.00. The van der Waals surface area contributed by atoms with E-state index in [0.717, 1.165) is 18.7 Å². The van der Waals surface area contributed by atoms with Gasteiger partial charge < -0.3 is 5.32 Å². The van der Waals surface area contributed by atoms with Crippen LogP contribution in [0.1, 0.15) is 32.6 Å². The Hall–Kier alpha value is 0.100. The molecular formula is C10H20F3NS. The summed E-state index contributed by atoms with van der Waals surface area (Å²) in [6.07, 6.45) is -0.723. The molecule has 0 aromatic carbocycles. The average molecular weight is 243 g/mol. The molecule has 1 unspecified atom stereocenters. The van der Waals surface area contributed by atoms with Crippen molar-refractivity contribution in [1.82, 2.24) is 5.32 Å². The zero-order valence-corrected chi connectivity index (χ0v) is 10.2. The van der Waals surface area contributed by atoms with Crippen molar-refractivity contribution in [2.45, 2.75) is 44.8 Å². The predicted octanol–water partition coefficient (Wildman–Crippen LogP) is 3.45. The molecule has 1 atom stereocenters. The maximum atomic E-state index is 11.8. The molecule has 0 aliphatic heterocycles. The molecule has 0 aliphatic carbocycles. The van der Waals surface area contributed by atoms with Gasteiger partial charge in [-0.05, 0) is 44.7 Å². The second-order valence-electron chi connectivity index (χ2n) is 3.71. The van der Waals surface area contributed by atoms with E-state index in [1.807, 2.05) is 13.2 Å². The lowest BCUT2D eigenvalue weighted by molar-refractivity contribution is -0.135. The summed E-state index contributed by atoms with van der Waals surface area (Å²) in [5.41, 5.74) is 0. The molecular weight excluding hydrogens is 223 g/mol. The Morgan fingerprint density at radius 1 is 1.27 bits per heavy atom. The minimum atomic E-state index is -4.00. The fourth-order valence-corrected chi connectivity index (χ4v) is 1.71. The van der Waals surface area contributed by atoms with Crippen molar-refractivity contribution in [3.63, 3.8) is 0 Å². The molecule has 0 saturated heterocycles. The Balaban J connectivity index is 3.29. The minimum Gasteiger partial charge on any atom is -0.314 e. The first-order valence-corrected chi connectivity index (χ1v) is 6.64. The van der Waals surface area contributed by atoms with Crippen LogP contribution in [0, 0.1) is 0 Å². The summed E-state index contributed by atoms with van der Waals surface area (Å²) in [6.45, 7) is 2.84. The van der Waals surface area contributed by atoms with Gasteiger partial charge in [0.2, 0.25) is 0 Å². The van der Waals surface area contributed by atoms with E-state index in [1.165, 1.54) is 0 Å². The van der Waals surface area contributed by atoms with E-state index in [-0.39, 0.29) is 12.5 Å². The molecule has 0 amide bonds. The van der Waals surface area contributed by atoms with Gasteiger partial charge in [0.1, 0.15) is 0 Å². The molecule has 1 nitrogen and oxygen atoms in total. The van der Waals surface area contributed by atoms with E-state index in [4.69, 9.17) is 0 Å². The van der Waals surface area contributed by atoms with Gasteiger partial charge in [0, 0.05) is 12.5 Å². The van der Waals surface area contributed by atoms with Crippen LogP contribution in [0.15, 0.2) is 0 Å². The summed E-state index contributed by atoms with van der Waals surface area (Å²) in [5.74, 6) is 1.10. The maximum Gasteiger partial charge on any atom is 0.389 e. The van der Waals surface area contributed by atoms with E-state index in [2.05, 4.69) is 5.32 Å². The monoisotopic (exact) mass is 243 g/mol. The molecule has 0 bridgehead atoms. The van der Waals surface area contributed by atoms with Crippen LogP contribution in [-0.4, -0.2) is 30.8 Å². The Labute approximate surface area is 94.2 Å². The maximum absolute atomic E-state index is 11.8. The summed E-state index contributed by atoms with van der Waals surface area (Å²) in [7, 11) is 0. The van der Waals surface area contributed by atoms with Crippen molar-refractivity contribution < 1.29 is 13.2 Å². The van der Waals surface area contributed by atoms with Crippen LogP contribution in [0.3, 0.4) is 0 Å². The molecule has 0 aromatic rings. The van der Waals surface area contributed by atoms with Crippen LogP contribution in [0.2, 0.25) is 0 Å². The fourth-order valence-electron chi connectivity index (χ4n) is 1.28. The quantitative estimate of drug-likeness (QED) is 0.655. The molecule has 5 heteroatoms. The molecule has 0 radical (unpaired) electrons. The molecule has 0 saturated carbocycles. The van der Waals surface area contributed by atoms with Gasteiger partial charge in [-0.15, -0.1) is 0 Å². The van der Waals surface area contributed by atoms with Gasteiger partial charge >= 0.3 is 6.18 Å². The first-order valence-electron chi connectivity index (χ1n) is 5.25. The Morgan fingerprint density at radius 3 is 2.47 bits per heavy atom. The highest BCUT2D eigenvalue weighted by atomic mass is 32.2. The molecule has 0 aromatic heterocycles. The second kappa shape index (κ2) is 8.28. The van der Waals surface area contributed by atoms with Crippen LogP contribution in [0.5, 0.6) is 0 Å². The third-order valence-corrected chi connectivity index (χ3v) is 2.81. The van der Waals surface area contributed by atoms with Gasteiger partial charge in [-0.2, -0.15) is 24.9 Å². The standard InChI is InChI=1S/C10H20F3NS/c1-9(14-7-4-8-15-2)5-3-6-10(11,12)13/h9,14H,3-8H2,1-2H3. The summed E-state index contributed by atoms with van der Waals surface area (Å²) >= 11 is 1.79. The second-order valence-corrected chi connectivity index (χ2v) is 4.69. The molecule has 0 spiro atoms. The Kier molecular flexibility index (Phi) is 8.33. The van der Waals surface area contributed by atoms with Crippen molar-refractivity contribution in [2.24, 2.45) is 0 Å². The third kappa shape index (κ3) is 12.0. The van der Waals surface area contributed by atoms with Gasteiger partial charge in [-0.1, -0.05) is 0 Å². The SMILES string of the molecule is CSCCCNC(C)CCCC(F)(F)F. The van der Waals surface area contributed by atoms with Crippen molar-refractivity contribution in [1.29, 1.82) is 0 Å². The predicted molar refractivity (Wildman–Crippen MR) is 60.4 cm³/mol. The number of thioether (sulfide) groups is 1. The zero-order valence-electron chi connectivity index (χ0n) is 9.36. The number of nitrogens with one attached hydrogen (secondary N) is 1. The lowest BCUT2D eigenvalue weighted by Crippen LogP contribution is -2.27. The van der Waals surface area contributed by atoms with Gasteiger partial charge in [0.25, 0.3) is 0 Å². The highest BCUT2D eigenvalue weighted by Crippen LogP contribution is 2.22. The number of rotatable bonds is 8. The molecule has 0 aliphatic rings. The minimum absolute atomic E-state index is 0.189. The third-order valence-electron chi connectivity index (χ3n) is 2.12. The van der Waals surface area contributed by atoms with E-state index in [1.54, 1.807) is 11.8 Å². The first-order chi connectivity index (χ1) is 6.95. The zero-order chi connectivity index (χ0) is 11.7. The van der Waals surface area contributed by atoms with Crippen molar-refractivity contribution in [3.8, 4) is 0 Å². The van der Waals surface area contributed by atoms with Crippen LogP contribution < -0.4 is 5.32 Å². The topological polar surface area (TPSA) is 12.0 Å². The van der Waals surface area contributed by atoms with Gasteiger partial charge in [-0.25, -0.2) is 0 Å². The Morgan fingerprint density at radius 2 is 1.93 bits per heavy atom. The summed E-state index contributed by atoms with van der Waals surface area (Å²) in [4.78, 5) is 0. The summed E-state index contributed by atoms with van der Waals surface area (Å²) in [6, 6.07) is 0.189. The van der Waals surface area contributed by atoms with Crippen LogP contribution in [0.4, 0.5) is 13.2 Å². The number of hydrogen-bond donors (Lipinski definition) is 1. The average Bonchev–Trinajstić information content (AvgIpc) is 2.10. The van der Waals surface area contributed by atoms with Crippen LogP contribution in [0.25, 0.3) is 0 Å². The van der Waals surface area contributed by atoms with E-state index < -0.39 is 12.6 Å². The molecule has 0 fully saturated rings. The van der Waals surface area contributed by atoms with Crippen molar-refractivity contribution in [2.75, 3.05) is 18.6 Å². The number of hydrogen-bond acceptors (Lipinski definition) is 2. The van der Waals surface area contributed by atoms with Gasteiger partial charge in [0.15, 0.2) is 0 Å². The normalized spacial score (nSPS) is 14.2. The molecule has 1 N–H and O–H groups in total. The number of halogens is 3. The van der Waals surface area contributed by atoms with Crippen LogP contribution >= 0.6 is 11.8 Å². The lowest BCUT2D eigenvalue weighted by atomic mass is 10.1. The molecule has 15 heavy (non-hydrogen) atoms. The first kappa shape index (κ1) is 15.1. The highest BCUT2D eigenvalue weighted by molar-refractivity contribution is 7.98. The molecule has 92 valence electrons.